The topological polar surface area (TPSA) is 149 Å². The van der Waals surface area contributed by atoms with E-state index >= 15 is 0 Å². The maximum absolute atomic E-state index is 12.5. The van der Waals surface area contributed by atoms with Crippen LogP contribution in [0.25, 0.3) is 0 Å². The molecule has 0 spiro atoms. The molecule has 47 heavy (non-hydrogen) atoms. The van der Waals surface area contributed by atoms with E-state index in [0.717, 1.165) is 38.5 Å². The zero-order valence-electron chi connectivity index (χ0n) is 30.0. The molecular weight excluding hydrogens is 623 g/mol. The van der Waals surface area contributed by atoms with Crippen molar-refractivity contribution in [1.82, 2.24) is 0 Å². The second kappa shape index (κ2) is 33.5. The summed E-state index contributed by atoms with van der Waals surface area (Å²) in [5, 5.41) is 18.2. The first kappa shape index (κ1) is 46.0. The predicted octanol–water partition coefficient (Wildman–Crippen LogP) is 9.11. The predicted molar refractivity (Wildman–Crippen MR) is 187 cm³/mol. The van der Waals surface area contributed by atoms with Crippen molar-refractivity contribution in [2.75, 3.05) is 26.4 Å². The summed E-state index contributed by atoms with van der Waals surface area (Å²) in [5.41, 5.74) is 0. The van der Waals surface area contributed by atoms with E-state index in [-0.39, 0.29) is 19.4 Å². The first-order valence-electron chi connectivity index (χ1n) is 19.0. The van der Waals surface area contributed by atoms with E-state index in [4.69, 9.17) is 19.1 Å². The van der Waals surface area contributed by atoms with E-state index in [0.29, 0.717) is 12.8 Å². The Hall–Kier alpha value is -1.03. The molecule has 0 aliphatic rings. The molecule has 0 radical (unpaired) electrons. The molecule has 0 amide bonds. The number of hydrogen-bond acceptors (Lipinski definition) is 9. The van der Waals surface area contributed by atoms with Crippen molar-refractivity contribution in [3.63, 3.8) is 0 Å². The van der Waals surface area contributed by atoms with Gasteiger partial charge in [-0.1, -0.05) is 155 Å². The van der Waals surface area contributed by atoms with Gasteiger partial charge < -0.3 is 24.6 Å². The summed E-state index contributed by atoms with van der Waals surface area (Å²) in [6.45, 7) is 2.37. The number of aliphatic hydroxyl groups excluding tert-OH is 2. The van der Waals surface area contributed by atoms with Crippen LogP contribution in [-0.2, 0) is 32.7 Å². The quantitative estimate of drug-likeness (QED) is 0.0329. The van der Waals surface area contributed by atoms with Crippen molar-refractivity contribution >= 4 is 19.8 Å². The van der Waals surface area contributed by atoms with Crippen molar-refractivity contribution in [2.24, 2.45) is 0 Å². The largest absolute Gasteiger partial charge is 0.472 e. The lowest BCUT2D eigenvalue weighted by Gasteiger charge is -2.20. The van der Waals surface area contributed by atoms with E-state index < -0.39 is 51.8 Å². The maximum atomic E-state index is 12.5. The monoisotopic (exact) mass is 694 g/mol. The SMILES string of the molecule is CCCCCCCCCCCCCCC(=O)OC[C@H](COP(=O)(O)OC[C@@H](O)CO)OC(=O)CCCCCCCCCCCCCC. The van der Waals surface area contributed by atoms with Crippen LogP contribution in [0.3, 0.4) is 0 Å². The van der Waals surface area contributed by atoms with Crippen LogP contribution in [0.15, 0.2) is 0 Å². The molecule has 0 aliphatic carbocycles. The minimum absolute atomic E-state index is 0.191. The van der Waals surface area contributed by atoms with Gasteiger partial charge in [-0.15, -0.1) is 0 Å². The Balaban J connectivity index is 4.35. The molecule has 0 fully saturated rings. The van der Waals surface area contributed by atoms with Crippen LogP contribution >= 0.6 is 7.82 Å². The summed E-state index contributed by atoms with van der Waals surface area (Å²) >= 11 is 0. The maximum Gasteiger partial charge on any atom is 0.472 e. The van der Waals surface area contributed by atoms with Gasteiger partial charge in [-0.05, 0) is 12.8 Å². The zero-order chi connectivity index (χ0) is 34.9. The van der Waals surface area contributed by atoms with Crippen LogP contribution < -0.4 is 0 Å². The number of phosphoric ester groups is 1. The van der Waals surface area contributed by atoms with E-state index in [9.17, 15) is 24.2 Å². The third kappa shape index (κ3) is 33.3. The number of hydrogen-bond donors (Lipinski definition) is 3. The molecule has 0 aromatic carbocycles. The molecule has 0 aromatic heterocycles. The van der Waals surface area contributed by atoms with Crippen LogP contribution in [0.2, 0.25) is 0 Å². The number of esters is 2. The van der Waals surface area contributed by atoms with Gasteiger partial charge in [0.1, 0.15) is 12.7 Å². The molecule has 0 aromatic rings. The molecule has 0 rings (SSSR count). The van der Waals surface area contributed by atoms with Gasteiger partial charge in [0.25, 0.3) is 0 Å². The van der Waals surface area contributed by atoms with Gasteiger partial charge in [0.05, 0.1) is 19.8 Å². The summed E-state index contributed by atoms with van der Waals surface area (Å²) < 4.78 is 32.5. The van der Waals surface area contributed by atoms with E-state index in [1.807, 2.05) is 0 Å². The summed E-state index contributed by atoms with van der Waals surface area (Å²) in [6.07, 6.45) is 26.4. The van der Waals surface area contributed by atoms with E-state index in [1.165, 1.54) is 103 Å². The fourth-order valence-electron chi connectivity index (χ4n) is 5.29. The minimum Gasteiger partial charge on any atom is -0.462 e. The molecule has 3 N–H and O–H groups in total. The molecule has 3 atom stereocenters. The average molecular weight is 695 g/mol. The van der Waals surface area contributed by atoms with Gasteiger partial charge in [0, 0.05) is 12.8 Å². The standard InChI is InChI=1S/C36H71O10P/c1-3-5-7-9-11-13-15-17-19-21-23-25-27-35(39)43-31-34(32-45-47(41,42)44-30-33(38)29-37)46-36(40)28-26-24-22-20-18-16-14-12-10-8-6-4-2/h33-34,37-38H,3-32H2,1-2H3,(H,41,42)/t33-,34+/m0/s1. The molecule has 0 aliphatic heterocycles. The van der Waals surface area contributed by atoms with Gasteiger partial charge >= 0.3 is 19.8 Å². The Morgan fingerprint density at radius 1 is 0.553 bits per heavy atom. The van der Waals surface area contributed by atoms with Crippen molar-refractivity contribution in [3.05, 3.63) is 0 Å². The summed E-state index contributed by atoms with van der Waals surface area (Å²) in [4.78, 5) is 34.7. The van der Waals surface area contributed by atoms with Crippen molar-refractivity contribution < 1.29 is 47.8 Å². The van der Waals surface area contributed by atoms with E-state index in [2.05, 4.69) is 18.4 Å². The molecule has 11 heteroatoms. The van der Waals surface area contributed by atoms with Gasteiger partial charge in [0.2, 0.25) is 0 Å². The molecule has 0 heterocycles. The van der Waals surface area contributed by atoms with Crippen LogP contribution in [0, 0.1) is 0 Å². The molecule has 0 bridgehead atoms. The summed E-state index contributed by atoms with van der Waals surface area (Å²) in [6, 6.07) is 0. The number of carbonyl (C=O) groups is 2. The highest BCUT2D eigenvalue weighted by molar-refractivity contribution is 7.47. The molecule has 280 valence electrons. The van der Waals surface area contributed by atoms with Crippen LogP contribution in [0.1, 0.15) is 181 Å². The molecule has 0 saturated carbocycles. The highest BCUT2D eigenvalue weighted by Gasteiger charge is 2.27. The van der Waals surface area contributed by atoms with Crippen molar-refractivity contribution in [3.8, 4) is 0 Å². The number of carbonyl (C=O) groups excluding carboxylic acids is 2. The first-order chi connectivity index (χ1) is 22.7. The molecule has 0 saturated heterocycles. The van der Waals surface area contributed by atoms with Gasteiger partial charge in [-0.3, -0.25) is 18.6 Å². The number of phosphoric acid groups is 1. The second-order valence-corrected chi connectivity index (χ2v) is 14.4. The van der Waals surface area contributed by atoms with Crippen LogP contribution in [0.5, 0.6) is 0 Å². The second-order valence-electron chi connectivity index (χ2n) is 13.0. The number of rotatable bonds is 36. The number of aliphatic hydroxyl groups is 2. The lowest BCUT2D eigenvalue weighted by atomic mass is 10.0. The molecule has 10 nitrogen and oxygen atoms in total. The summed E-state index contributed by atoms with van der Waals surface area (Å²) in [5.74, 6) is -0.916. The Morgan fingerprint density at radius 2 is 0.915 bits per heavy atom. The Morgan fingerprint density at radius 3 is 1.32 bits per heavy atom. The Labute approximate surface area is 286 Å². The zero-order valence-corrected chi connectivity index (χ0v) is 30.9. The van der Waals surface area contributed by atoms with Crippen LogP contribution in [-0.4, -0.2) is 65.7 Å². The van der Waals surface area contributed by atoms with Gasteiger partial charge in [-0.2, -0.15) is 0 Å². The Bertz CT molecular complexity index is 766. The van der Waals surface area contributed by atoms with Gasteiger partial charge in [-0.25, -0.2) is 4.57 Å². The third-order valence-corrected chi connectivity index (χ3v) is 9.21. The Kier molecular flexibility index (Phi) is 32.7. The van der Waals surface area contributed by atoms with Gasteiger partial charge in [0.15, 0.2) is 6.10 Å². The highest BCUT2D eigenvalue weighted by atomic mass is 31.2. The lowest BCUT2D eigenvalue weighted by Crippen LogP contribution is -2.29. The molecular formula is C36H71O10P. The van der Waals surface area contributed by atoms with Crippen molar-refractivity contribution in [2.45, 2.75) is 193 Å². The number of unbranched alkanes of at least 4 members (excludes halogenated alkanes) is 22. The summed E-state index contributed by atoms with van der Waals surface area (Å²) in [7, 11) is -4.60. The first-order valence-corrected chi connectivity index (χ1v) is 20.5. The normalized spacial score (nSPS) is 14.1. The van der Waals surface area contributed by atoms with Crippen LogP contribution in [0.4, 0.5) is 0 Å². The fraction of sp³-hybridized carbons (Fsp3) is 0.944. The number of ether oxygens (including phenoxy) is 2. The van der Waals surface area contributed by atoms with Crippen molar-refractivity contribution in [1.29, 1.82) is 0 Å². The minimum atomic E-state index is -4.60. The van der Waals surface area contributed by atoms with E-state index in [1.54, 1.807) is 0 Å². The third-order valence-electron chi connectivity index (χ3n) is 8.26. The average Bonchev–Trinajstić information content (AvgIpc) is 3.05. The highest BCUT2D eigenvalue weighted by Crippen LogP contribution is 2.43. The smallest absolute Gasteiger partial charge is 0.462 e. The fourth-order valence-corrected chi connectivity index (χ4v) is 6.08. The molecule has 1 unspecified atom stereocenters. The lowest BCUT2D eigenvalue weighted by molar-refractivity contribution is -0.161.